The molecule has 1 aromatic rings. The van der Waals surface area contributed by atoms with Gasteiger partial charge in [0.2, 0.25) is 5.91 Å². The first kappa shape index (κ1) is 15.4. The van der Waals surface area contributed by atoms with Crippen LogP contribution in [0.5, 0.6) is 0 Å². The Hall–Kier alpha value is -2.51. The van der Waals surface area contributed by atoms with E-state index in [0.717, 1.165) is 0 Å². The smallest absolute Gasteiger partial charge is 0.441 e. The quantitative estimate of drug-likeness (QED) is 0.772. The molecule has 1 aromatic heterocycles. The molecule has 3 rings (SSSR count). The molecule has 0 spiro atoms. The maximum absolute atomic E-state index is 12.1. The molecule has 124 valence electrons. The summed E-state index contributed by atoms with van der Waals surface area (Å²) >= 11 is 0. The monoisotopic (exact) mass is 322 g/mol. The third-order valence-electron chi connectivity index (χ3n) is 4.24. The number of carbonyl (C=O) groups is 2. The molecule has 8 heteroatoms. The molecular weight excluding hydrogens is 304 g/mol. The highest BCUT2D eigenvalue weighted by Crippen LogP contribution is 2.24. The van der Waals surface area contributed by atoms with Crippen molar-refractivity contribution in [2.24, 2.45) is 0 Å². The lowest BCUT2D eigenvalue weighted by molar-refractivity contribution is -0.126. The molecule has 23 heavy (non-hydrogen) atoms. The molecule has 2 amide bonds. The van der Waals surface area contributed by atoms with Gasteiger partial charge in [-0.1, -0.05) is 6.58 Å². The molecule has 2 aliphatic heterocycles. The normalized spacial score (nSPS) is 21.3. The van der Waals surface area contributed by atoms with E-state index < -0.39 is 11.9 Å². The summed E-state index contributed by atoms with van der Waals surface area (Å²) in [5.41, 5.74) is 0.622. The van der Waals surface area contributed by atoms with E-state index in [1.165, 1.54) is 0 Å². The Balaban J connectivity index is 1.53. The molecule has 0 saturated carbocycles. The van der Waals surface area contributed by atoms with Crippen LogP contribution in [0.3, 0.4) is 0 Å². The van der Waals surface area contributed by atoms with Gasteiger partial charge in [-0.2, -0.15) is 0 Å². The number of amides is 2. The summed E-state index contributed by atoms with van der Waals surface area (Å²) < 4.78 is 14.6. The van der Waals surface area contributed by atoms with Crippen molar-refractivity contribution < 1.29 is 23.2 Å². The average molecular weight is 322 g/mol. The molecule has 0 aromatic carbocycles. The van der Waals surface area contributed by atoms with E-state index in [1.807, 2.05) is 0 Å². The van der Waals surface area contributed by atoms with E-state index in [2.05, 4.69) is 6.58 Å². The second-order valence-corrected chi connectivity index (χ2v) is 5.73. The molecule has 0 aliphatic carbocycles. The fourth-order valence-electron chi connectivity index (χ4n) is 2.90. The van der Waals surface area contributed by atoms with E-state index >= 15 is 0 Å². The highest BCUT2D eigenvalue weighted by molar-refractivity contribution is 5.95. The van der Waals surface area contributed by atoms with Crippen LogP contribution in [0, 0.1) is 6.92 Å². The summed E-state index contributed by atoms with van der Waals surface area (Å²) in [5.74, 6) is -0.350. The summed E-state index contributed by atoms with van der Waals surface area (Å²) in [6.07, 6.45) is 0.896. The van der Waals surface area contributed by atoms with Crippen molar-refractivity contribution in [1.82, 2.24) is 9.80 Å². The van der Waals surface area contributed by atoms with E-state index in [1.54, 1.807) is 16.7 Å². The number of carbonyl (C=O) groups excluding carboxylic acids is 2. The number of ether oxygens (including phenoxy) is 1. The Kier molecular flexibility index (Phi) is 3.97. The Morgan fingerprint density at radius 1 is 1.35 bits per heavy atom. The molecule has 2 aliphatic rings. The highest BCUT2D eigenvalue weighted by Gasteiger charge is 2.36. The van der Waals surface area contributed by atoms with Crippen LogP contribution < -0.4 is 5.82 Å². The molecule has 3 heterocycles. The summed E-state index contributed by atoms with van der Waals surface area (Å²) in [5, 5.41) is 0. The minimum Gasteiger partial charge on any atom is -0.441 e. The van der Waals surface area contributed by atoms with E-state index in [9.17, 15) is 14.4 Å². The van der Waals surface area contributed by atoms with Gasteiger partial charge in [-0.25, -0.2) is 9.59 Å². The van der Waals surface area contributed by atoms with Crippen LogP contribution in [0.2, 0.25) is 0 Å². The number of hydrogen-bond donors (Lipinski definition) is 0. The van der Waals surface area contributed by atoms with E-state index in [4.69, 9.17) is 13.6 Å². The largest absolute Gasteiger partial charge is 0.519 e. The Bertz CT molecular complexity index is 703. The number of likely N-dealkylation sites (tertiary alicyclic amines) is 2. The topological polar surface area (TPSA) is 93.2 Å². The molecule has 8 nitrogen and oxygen atoms in total. The zero-order chi connectivity index (χ0) is 16.6. The van der Waals surface area contributed by atoms with Crippen LogP contribution in [0.1, 0.15) is 24.4 Å². The fourth-order valence-corrected chi connectivity index (χ4v) is 2.90. The predicted octanol–water partition coefficient (Wildman–Crippen LogP) is 1.04. The first-order valence-corrected chi connectivity index (χ1v) is 7.45. The first-order valence-electron chi connectivity index (χ1n) is 7.45. The Morgan fingerprint density at radius 2 is 2.13 bits per heavy atom. The lowest BCUT2D eigenvalue weighted by Crippen LogP contribution is -2.39. The van der Waals surface area contributed by atoms with Gasteiger partial charge >= 0.3 is 11.9 Å². The average Bonchev–Trinajstić information content (AvgIpc) is 3.18. The molecule has 0 bridgehead atoms. The molecular formula is C15H18N2O6. The first-order chi connectivity index (χ1) is 11.0. The fraction of sp³-hybridized carbons (Fsp3) is 0.533. The zero-order valence-corrected chi connectivity index (χ0v) is 12.9. The molecule has 2 fully saturated rings. The molecule has 0 N–H and O–H groups in total. The van der Waals surface area contributed by atoms with Gasteiger partial charge in [-0.15, -0.1) is 0 Å². The molecule has 0 radical (unpaired) electrons. The summed E-state index contributed by atoms with van der Waals surface area (Å²) in [6, 6.07) is 0.00268. The SMILES string of the molecule is C=C1CCN([C@@H]2CCN(C(=O)OCc3oc(=O)oc3C)C2)C1=O. The molecule has 2 saturated heterocycles. The lowest BCUT2D eigenvalue weighted by atomic mass is 10.2. The van der Waals surface area contributed by atoms with Crippen molar-refractivity contribution in [1.29, 1.82) is 0 Å². The summed E-state index contributed by atoms with van der Waals surface area (Å²) in [6.45, 7) is 6.76. The molecule has 1 atom stereocenters. The van der Waals surface area contributed by atoms with Crippen molar-refractivity contribution in [2.75, 3.05) is 19.6 Å². The standard InChI is InChI=1S/C15H18N2O6/c1-9-3-6-17(13(9)18)11-4-5-16(7-11)14(19)21-8-12-10(2)22-15(20)23-12/h11H,1,3-8H2,2H3/t11-/m1/s1. The minimum absolute atomic E-state index is 0.00268. The van der Waals surface area contributed by atoms with Gasteiger partial charge in [-0.05, 0) is 19.8 Å². The molecule has 0 unspecified atom stereocenters. The van der Waals surface area contributed by atoms with Gasteiger partial charge in [0.15, 0.2) is 18.1 Å². The maximum atomic E-state index is 12.1. The van der Waals surface area contributed by atoms with Gasteiger partial charge in [0.1, 0.15) is 0 Å². The minimum atomic E-state index is -0.817. The zero-order valence-electron chi connectivity index (χ0n) is 12.9. The van der Waals surface area contributed by atoms with Crippen LogP contribution in [-0.4, -0.2) is 47.5 Å². The van der Waals surface area contributed by atoms with Crippen molar-refractivity contribution >= 4 is 12.0 Å². The lowest BCUT2D eigenvalue weighted by Gasteiger charge is -2.23. The second kappa shape index (κ2) is 5.94. The van der Waals surface area contributed by atoms with Crippen LogP contribution in [-0.2, 0) is 16.1 Å². The van der Waals surface area contributed by atoms with Crippen molar-refractivity contribution in [2.45, 2.75) is 32.4 Å². The number of nitrogens with zero attached hydrogens (tertiary/aromatic N) is 2. The van der Waals surface area contributed by atoms with Crippen LogP contribution >= 0.6 is 0 Å². The predicted molar refractivity (Wildman–Crippen MR) is 77.6 cm³/mol. The third-order valence-corrected chi connectivity index (χ3v) is 4.24. The van der Waals surface area contributed by atoms with E-state index in [0.29, 0.717) is 43.8 Å². The van der Waals surface area contributed by atoms with Crippen molar-refractivity contribution in [3.8, 4) is 0 Å². The summed E-state index contributed by atoms with van der Waals surface area (Å²) in [7, 11) is 0. The Labute approximate surface area is 132 Å². The van der Waals surface area contributed by atoms with Gasteiger partial charge < -0.3 is 23.4 Å². The Morgan fingerprint density at radius 3 is 2.74 bits per heavy atom. The maximum Gasteiger partial charge on any atom is 0.519 e. The summed E-state index contributed by atoms with van der Waals surface area (Å²) in [4.78, 5) is 38.3. The van der Waals surface area contributed by atoms with E-state index in [-0.39, 0.29) is 24.3 Å². The second-order valence-electron chi connectivity index (χ2n) is 5.73. The van der Waals surface area contributed by atoms with Crippen molar-refractivity contribution in [3.05, 3.63) is 34.3 Å². The third kappa shape index (κ3) is 3.01. The number of hydrogen-bond acceptors (Lipinski definition) is 6. The van der Waals surface area contributed by atoms with Crippen LogP contribution in [0.4, 0.5) is 4.79 Å². The van der Waals surface area contributed by atoms with Gasteiger partial charge in [0, 0.05) is 25.2 Å². The van der Waals surface area contributed by atoms with Gasteiger partial charge in [-0.3, -0.25) is 4.79 Å². The van der Waals surface area contributed by atoms with Crippen LogP contribution in [0.25, 0.3) is 0 Å². The van der Waals surface area contributed by atoms with Crippen molar-refractivity contribution in [3.63, 3.8) is 0 Å². The van der Waals surface area contributed by atoms with Gasteiger partial charge in [0.05, 0.1) is 6.04 Å². The number of rotatable bonds is 3. The number of aryl methyl sites for hydroxylation is 1. The van der Waals surface area contributed by atoms with Gasteiger partial charge in [0.25, 0.3) is 0 Å². The van der Waals surface area contributed by atoms with Crippen LogP contribution in [0.15, 0.2) is 25.8 Å². The highest BCUT2D eigenvalue weighted by atomic mass is 16.6.